The molecule has 6 rings (SSSR count). The van der Waals surface area contributed by atoms with Crippen molar-refractivity contribution in [2.24, 2.45) is 11.8 Å². The van der Waals surface area contributed by atoms with E-state index in [1.807, 2.05) is 27.7 Å². The number of carbonyl (C=O) groups excluding carboxylic acids is 5. The molecule has 1 aliphatic carbocycles. The Bertz CT molecular complexity index is 1910. The predicted molar refractivity (Wildman–Crippen MR) is 210 cm³/mol. The van der Waals surface area contributed by atoms with E-state index in [9.17, 15) is 24.0 Å². The number of hydrogen-bond acceptors (Lipinski definition) is 8. The van der Waals surface area contributed by atoms with E-state index in [2.05, 4.69) is 68.4 Å². The monoisotopic (exact) mass is 769 g/mol. The third-order valence-electron chi connectivity index (χ3n) is 11.4. The van der Waals surface area contributed by atoms with Gasteiger partial charge < -0.3 is 40.2 Å². The molecule has 1 aromatic heterocycles. The van der Waals surface area contributed by atoms with Crippen molar-refractivity contribution in [3.05, 3.63) is 65.6 Å². The van der Waals surface area contributed by atoms with Crippen LogP contribution in [0.1, 0.15) is 82.8 Å². The maximum Gasteiger partial charge on any atom is 0.407 e. The van der Waals surface area contributed by atoms with Crippen LogP contribution in [0.3, 0.4) is 0 Å². The summed E-state index contributed by atoms with van der Waals surface area (Å²) in [5.41, 5.74) is 6.51. The number of ether oxygens (including phenoxy) is 2. The minimum Gasteiger partial charge on any atom is -0.453 e. The molecular formula is C42H55N7O7. The van der Waals surface area contributed by atoms with E-state index in [-0.39, 0.29) is 41.6 Å². The Balaban J connectivity index is 1.06. The van der Waals surface area contributed by atoms with Crippen molar-refractivity contribution in [3.63, 3.8) is 0 Å². The Kier molecular flexibility index (Phi) is 12.7. The van der Waals surface area contributed by atoms with Crippen LogP contribution in [0.15, 0.2) is 48.7 Å². The fourth-order valence-corrected chi connectivity index (χ4v) is 8.22. The summed E-state index contributed by atoms with van der Waals surface area (Å²) in [6.45, 7) is 8.58. The number of nitrogens with one attached hydrogen (secondary N) is 4. The van der Waals surface area contributed by atoms with Crippen LogP contribution in [0, 0.1) is 11.8 Å². The Morgan fingerprint density at radius 3 is 1.98 bits per heavy atom. The molecule has 0 radical (unpaired) electrons. The molecule has 5 atom stereocenters. The molecule has 0 saturated carbocycles. The van der Waals surface area contributed by atoms with Gasteiger partial charge in [-0.05, 0) is 84.6 Å². The molecule has 3 aliphatic rings. The summed E-state index contributed by atoms with van der Waals surface area (Å²) in [4.78, 5) is 75.9. The quantitative estimate of drug-likeness (QED) is 0.208. The standard InChI is InChI=1S/C42H55N7O7/c1-24(2)35(46-41(53)55-5)39(51)48-19-7-9-33(48)37-43-23-32(45-37)27-13-11-26(12-14-27)28-15-16-30-22-31(18-17-29(30)21-28)44-38(50)34-10-8-20-49(34)40(52)36(25(3)4)47-42(54)56-6/h11-16,21,23-25,31,33-36H,7-10,17-20,22H2,1-6H3,(H,43,45)(H,44,50)(H,46,53)(H,47,54)/t31?,33?,34?,35?,36-/m0/s1. The van der Waals surface area contributed by atoms with Gasteiger partial charge in [-0.15, -0.1) is 0 Å². The molecule has 2 fully saturated rings. The number of hydrogen-bond donors (Lipinski definition) is 4. The van der Waals surface area contributed by atoms with Crippen molar-refractivity contribution in [3.8, 4) is 22.4 Å². The molecule has 2 aliphatic heterocycles. The van der Waals surface area contributed by atoms with E-state index in [0.29, 0.717) is 25.9 Å². The first-order valence-corrected chi connectivity index (χ1v) is 19.8. The number of methoxy groups -OCH3 is 2. The SMILES string of the molecule is COC(=O)NC(C(=O)N1CCCC1c1ncc(-c2ccc(-c3ccc4c(c3)CCC(NC(=O)C3CCCN3C(=O)[C@@H](NC(=O)OC)C(C)C)C4)cc2)[nH]1)C(C)C. The smallest absolute Gasteiger partial charge is 0.407 e. The highest BCUT2D eigenvalue weighted by Gasteiger charge is 2.40. The Labute approximate surface area is 328 Å². The number of carbonyl (C=O) groups is 5. The van der Waals surface area contributed by atoms with Crippen LogP contribution in [0.4, 0.5) is 9.59 Å². The fraction of sp³-hybridized carbons (Fsp3) is 0.524. The molecule has 5 amide bonds. The van der Waals surface area contributed by atoms with Crippen LogP contribution >= 0.6 is 0 Å². The average Bonchev–Trinajstić information content (AvgIpc) is 4.00. The molecule has 2 saturated heterocycles. The van der Waals surface area contributed by atoms with Crippen molar-refractivity contribution >= 4 is 29.9 Å². The van der Waals surface area contributed by atoms with Gasteiger partial charge in [0.2, 0.25) is 17.7 Å². The molecule has 0 bridgehead atoms. The lowest BCUT2D eigenvalue weighted by atomic mass is 9.86. The summed E-state index contributed by atoms with van der Waals surface area (Å²) in [6, 6.07) is 12.6. The van der Waals surface area contributed by atoms with Gasteiger partial charge in [0.15, 0.2) is 0 Å². The van der Waals surface area contributed by atoms with E-state index >= 15 is 0 Å². The number of aromatic nitrogens is 2. The lowest BCUT2D eigenvalue weighted by Gasteiger charge is -2.32. The van der Waals surface area contributed by atoms with Gasteiger partial charge in [-0.25, -0.2) is 14.6 Å². The number of likely N-dealkylation sites (tertiary alicyclic amines) is 2. The fourth-order valence-electron chi connectivity index (χ4n) is 8.22. The zero-order valence-corrected chi connectivity index (χ0v) is 33.2. The van der Waals surface area contributed by atoms with Crippen molar-refractivity contribution in [2.45, 2.75) is 103 Å². The van der Waals surface area contributed by atoms with Crippen LogP contribution < -0.4 is 16.0 Å². The van der Waals surface area contributed by atoms with Crippen molar-refractivity contribution in [2.75, 3.05) is 27.3 Å². The highest BCUT2D eigenvalue weighted by molar-refractivity contribution is 5.92. The van der Waals surface area contributed by atoms with E-state index in [0.717, 1.165) is 60.3 Å². The first-order valence-electron chi connectivity index (χ1n) is 19.8. The number of imidazole rings is 1. The third kappa shape index (κ3) is 8.84. The minimum absolute atomic E-state index is 0.0336. The summed E-state index contributed by atoms with van der Waals surface area (Å²) in [6.07, 6.45) is 5.79. The van der Waals surface area contributed by atoms with Gasteiger partial charge in [0.1, 0.15) is 23.9 Å². The van der Waals surface area contributed by atoms with Crippen LogP contribution in [0.2, 0.25) is 0 Å². The van der Waals surface area contributed by atoms with Gasteiger partial charge in [0.05, 0.1) is 32.2 Å². The summed E-state index contributed by atoms with van der Waals surface area (Å²) in [7, 11) is 2.55. The molecule has 14 heteroatoms. The largest absolute Gasteiger partial charge is 0.453 e. The van der Waals surface area contributed by atoms with Gasteiger partial charge >= 0.3 is 12.2 Å². The predicted octanol–water partition coefficient (Wildman–Crippen LogP) is 5.13. The van der Waals surface area contributed by atoms with E-state index in [1.54, 1.807) is 16.0 Å². The highest BCUT2D eigenvalue weighted by Crippen LogP contribution is 2.34. The number of alkyl carbamates (subject to hydrolysis) is 2. The Hall–Kier alpha value is -5.40. The molecule has 4 unspecified atom stereocenters. The van der Waals surface area contributed by atoms with Crippen LogP contribution in [-0.4, -0.2) is 101 Å². The van der Waals surface area contributed by atoms with E-state index in [1.165, 1.54) is 25.3 Å². The molecule has 4 N–H and O–H groups in total. The van der Waals surface area contributed by atoms with Crippen LogP contribution in [-0.2, 0) is 36.7 Å². The first-order chi connectivity index (χ1) is 26.9. The van der Waals surface area contributed by atoms with Crippen molar-refractivity contribution in [1.29, 1.82) is 0 Å². The molecule has 300 valence electrons. The van der Waals surface area contributed by atoms with Gasteiger partial charge in [0.25, 0.3) is 0 Å². The zero-order chi connectivity index (χ0) is 40.1. The molecule has 3 aromatic rings. The lowest BCUT2D eigenvalue weighted by Crippen LogP contribution is -2.56. The van der Waals surface area contributed by atoms with Gasteiger partial charge in [-0.1, -0.05) is 70.2 Å². The summed E-state index contributed by atoms with van der Waals surface area (Å²) in [5, 5.41) is 8.56. The number of aryl methyl sites for hydroxylation is 1. The lowest BCUT2D eigenvalue weighted by molar-refractivity contribution is -0.141. The Morgan fingerprint density at radius 2 is 1.34 bits per heavy atom. The highest BCUT2D eigenvalue weighted by atomic mass is 16.5. The van der Waals surface area contributed by atoms with Gasteiger partial charge in [-0.2, -0.15) is 0 Å². The number of fused-ring (bicyclic) bond motifs is 1. The molecule has 0 spiro atoms. The second-order valence-electron chi connectivity index (χ2n) is 15.8. The molecule has 2 aromatic carbocycles. The second-order valence-corrected chi connectivity index (χ2v) is 15.8. The maximum atomic E-state index is 13.5. The molecule has 56 heavy (non-hydrogen) atoms. The second kappa shape index (κ2) is 17.6. The Morgan fingerprint density at radius 1 is 0.750 bits per heavy atom. The van der Waals surface area contributed by atoms with Gasteiger partial charge in [0, 0.05) is 19.1 Å². The number of amides is 5. The summed E-state index contributed by atoms with van der Waals surface area (Å²) < 4.78 is 9.48. The topological polar surface area (TPSA) is 175 Å². The van der Waals surface area contributed by atoms with Gasteiger partial charge in [-0.3, -0.25) is 14.4 Å². The number of benzene rings is 2. The molecule has 14 nitrogen and oxygen atoms in total. The normalized spacial score (nSPS) is 20.3. The number of rotatable bonds is 11. The van der Waals surface area contributed by atoms with E-state index < -0.39 is 30.3 Å². The number of H-pyrrole nitrogens is 1. The maximum absolute atomic E-state index is 13.5. The third-order valence-corrected chi connectivity index (χ3v) is 11.4. The number of nitrogens with zero attached hydrogens (tertiary/aromatic N) is 3. The minimum atomic E-state index is -0.768. The van der Waals surface area contributed by atoms with Crippen molar-refractivity contribution in [1.82, 2.24) is 35.7 Å². The average molecular weight is 770 g/mol. The number of aromatic amines is 1. The molecule has 3 heterocycles. The summed E-state index contributed by atoms with van der Waals surface area (Å²) >= 11 is 0. The van der Waals surface area contributed by atoms with Crippen LogP contribution in [0.5, 0.6) is 0 Å². The summed E-state index contributed by atoms with van der Waals surface area (Å²) in [5.74, 6) is -0.0935. The first kappa shape index (κ1) is 40.3. The zero-order valence-electron chi connectivity index (χ0n) is 33.2. The molecular weight excluding hydrogens is 715 g/mol. The van der Waals surface area contributed by atoms with Crippen molar-refractivity contribution < 1.29 is 33.4 Å². The van der Waals surface area contributed by atoms with E-state index in [4.69, 9.17) is 9.47 Å². The van der Waals surface area contributed by atoms with Crippen LogP contribution in [0.25, 0.3) is 22.4 Å².